The normalized spacial score (nSPS) is 17.4. The SMILES string of the molecule is CC(NCC1CC1)c1ccc(S(=O)(=O)c2ccc(C3CC3)cc2S(=O)(=O)c2ccccn2)cc1. The van der Waals surface area contributed by atoms with E-state index in [1.807, 2.05) is 0 Å². The average molecular weight is 497 g/mol. The van der Waals surface area contributed by atoms with Crippen molar-refractivity contribution < 1.29 is 16.8 Å². The van der Waals surface area contributed by atoms with Crippen molar-refractivity contribution >= 4 is 19.7 Å². The molecule has 6 nitrogen and oxygen atoms in total. The van der Waals surface area contributed by atoms with Gasteiger partial charge in [0.25, 0.3) is 0 Å². The zero-order chi connectivity index (χ0) is 23.9. The van der Waals surface area contributed by atoms with Crippen molar-refractivity contribution in [2.75, 3.05) is 6.54 Å². The van der Waals surface area contributed by atoms with Crippen LogP contribution in [0.5, 0.6) is 0 Å². The van der Waals surface area contributed by atoms with Gasteiger partial charge in [0.05, 0.1) is 14.7 Å². The molecule has 1 unspecified atom stereocenters. The summed E-state index contributed by atoms with van der Waals surface area (Å²) in [6.45, 7) is 3.02. The van der Waals surface area contributed by atoms with E-state index >= 15 is 0 Å². The van der Waals surface area contributed by atoms with Gasteiger partial charge in [-0.3, -0.25) is 0 Å². The molecule has 2 aliphatic carbocycles. The third-order valence-corrected chi connectivity index (χ3v) is 10.3. The van der Waals surface area contributed by atoms with Gasteiger partial charge in [0.2, 0.25) is 19.7 Å². The number of sulfone groups is 2. The second-order valence-electron chi connectivity index (χ2n) is 9.30. The van der Waals surface area contributed by atoms with E-state index < -0.39 is 19.7 Å². The second kappa shape index (κ2) is 8.91. The molecule has 0 aliphatic heterocycles. The average Bonchev–Trinajstić information content (AvgIpc) is 3.77. The number of nitrogens with one attached hydrogen (secondary N) is 1. The van der Waals surface area contributed by atoms with Gasteiger partial charge in [-0.05, 0) is 98.5 Å². The minimum Gasteiger partial charge on any atom is -0.310 e. The number of pyridine rings is 1. The van der Waals surface area contributed by atoms with Crippen LogP contribution in [-0.2, 0) is 19.7 Å². The maximum absolute atomic E-state index is 13.6. The molecule has 178 valence electrons. The number of aromatic nitrogens is 1. The summed E-state index contributed by atoms with van der Waals surface area (Å²) in [5, 5.41) is 3.32. The van der Waals surface area contributed by atoms with Crippen molar-refractivity contribution in [1.29, 1.82) is 0 Å². The summed E-state index contributed by atoms with van der Waals surface area (Å²) in [5.41, 5.74) is 1.84. The summed E-state index contributed by atoms with van der Waals surface area (Å²) in [5.74, 6) is 1.03. The summed E-state index contributed by atoms with van der Waals surface area (Å²) >= 11 is 0. The Morgan fingerprint density at radius 1 is 0.882 bits per heavy atom. The van der Waals surface area contributed by atoms with Crippen molar-refractivity contribution in [2.45, 2.75) is 64.3 Å². The lowest BCUT2D eigenvalue weighted by Gasteiger charge is -2.16. The molecule has 2 aromatic carbocycles. The minimum absolute atomic E-state index is 0.0716. The molecule has 34 heavy (non-hydrogen) atoms. The van der Waals surface area contributed by atoms with Crippen LogP contribution >= 0.6 is 0 Å². The summed E-state index contributed by atoms with van der Waals surface area (Å²) in [4.78, 5) is 3.64. The molecule has 1 heterocycles. The fourth-order valence-electron chi connectivity index (χ4n) is 4.09. The van der Waals surface area contributed by atoms with E-state index in [1.54, 1.807) is 42.5 Å². The van der Waals surface area contributed by atoms with Crippen LogP contribution in [0.1, 0.15) is 55.7 Å². The van der Waals surface area contributed by atoms with Gasteiger partial charge in [-0.2, -0.15) is 0 Å². The van der Waals surface area contributed by atoms with E-state index in [-0.39, 0.29) is 31.7 Å². The lowest BCUT2D eigenvalue weighted by Crippen LogP contribution is -2.21. The molecule has 2 aliphatic rings. The van der Waals surface area contributed by atoms with Crippen LogP contribution < -0.4 is 5.32 Å². The molecule has 3 aromatic rings. The number of hydrogen-bond acceptors (Lipinski definition) is 6. The molecule has 0 amide bonds. The Morgan fingerprint density at radius 2 is 1.62 bits per heavy atom. The van der Waals surface area contributed by atoms with Crippen molar-refractivity contribution in [2.24, 2.45) is 5.92 Å². The molecular formula is C26H28N2O4S2. The summed E-state index contributed by atoms with van der Waals surface area (Å²) < 4.78 is 54.2. The number of nitrogens with zero attached hydrogens (tertiary/aromatic N) is 1. The molecule has 2 fully saturated rings. The molecule has 0 bridgehead atoms. The van der Waals surface area contributed by atoms with Gasteiger partial charge in [-0.1, -0.05) is 24.3 Å². The molecule has 1 atom stereocenters. The largest absolute Gasteiger partial charge is 0.310 e. The summed E-state index contributed by atoms with van der Waals surface area (Å²) in [6, 6.07) is 16.1. The van der Waals surface area contributed by atoms with Gasteiger partial charge in [-0.15, -0.1) is 0 Å². The van der Waals surface area contributed by atoms with Crippen LogP contribution in [0.2, 0.25) is 0 Å². The molecular weight excluding hydrogens is 468 g/mol. The van der Waals surface area contributed by atoms with Crippen LogP contribution in [0.4, 0.5) is 0 Å². The highest BCUT2D eigenvalue weighted by atomic mass is 32.2. The third-order valence-electron chi connectivity index (χ3n) is 6.61. The van der Waals surface area contributed by atoms with Crippen LogP contribution in [0.15, 0.2) is 86.6 Å². The highest BCUT2D eigenvalue weighted by Gasteiger charge is 2.33. The first kappa shape index (κ1) is 23.2. The molecule has 1 aromatic heterocycles. The van der Waals surface area contributed by atoms with E-state index in [0.717, 1.165) is 36.4 Å². The van der Waals surface area contributed by atoms with Crippen molar-refractivity contribution in [1.82, 2.24) is 10.3 Å². The third kappa shape index (κ3) is 4.67. The fraction of sp³-hybridized carbons (Fsp3) is 0.346. The highest BCUT2D eigenvalue weighted by Crippen LogP contribution is 2.42. The number of hydrogen-bond donors (Lipinski definition) is 1. The zero-order valence-corrected chi connectivity index (χ0v) is 20.6. The van der Waals surface area contributed by atoms with Crippen molar-refractivity contribution in [3.8, 4) is 0 Å². The predicted molar refractivity (Wildman–Crippen MR) is 129 cm³/mol. The topological polar surface area (TPSA) is 93.2 Å². The van der Waals surface area contributed by atoms with E-state index in [0.29, 0.717) is 0 Å². The van der Waals surface area contributed by atoms with E-state index in [2.05, 4.69) is 17.2 Å². The maximum Gasteiger partial charge on any atom is 0.225 e. The van der Waals surface area contributed by atoms with E-state index in [1.165, 1.54) is 37.2 Å². The Labute approximate surface area is 201 Å². The first-order chi connectivity index (χ1) is 16.3. The van der Waals surface area contributed by atoms with Crippen LogP contribution in [0, 0.1) is 5.92 Å². The molecule has 1 N–H and O–H groups in total. The molecule has 0 saturated heterocycles. The number of benzene rings is 2. The Hall–Kier alpha value is -2.55. The zero-order valence-electron chi connectivity index (χ0n) is 19.0. The second-order valence-corrected chi connectivity index (χ2v) is 13.1. The molecule has 0 spiro atoms. The number of rotatable bonds is 9. The van der Waals surface area contributed by atoms with Gasteiger partial charge in [0.1, 0.15) is 0 Å². The molecule has 2 saturated carbocycles. The van der Waals surface area contributed by atoms with Crippen molar-refractivity contribution in [3.63, 3.8) is 0 Å². The van der Waals surface area contributed by atoms with Crippen molar-refractivity contribution in [3.05, 3.63) is 78.0 Å². The Bertz CT molecular complexity index is 1390. The minimum atomic E-state index is -4.12. The maximum atomic E-state index is 13.6. The first-order valence-electron chi connectivity index (χ1n) is 11.7. The molecule has 0 radical (unpaired) electrons. The Kier molecular flexibility index (Phi) is 6.08. The van der Waals surface area contributed by atoms with Crippen LogP contribution in [0.25, 0.3) is 0 Å². The molecule has 5 rings (SSSR count). The Balaban J connectivity index is 1.52. The monoisotopic (exact) mass is 496 g/mol. The standard InChI is InChI=1S/C26H28N2O4S2/c1-18(28-17-19-5-6-19)20-9-12-23(13-10-20)33(29,30)24-14-11-22(21-7-8-21)16-25(24)34(31,32)26-4-2-3-15-27-26/h2-4,9-16,18-19,21,28H,5-8,17H2,1H3. The van der Waals surface area contributed by atoms with Gasteiger partial charge < -0.3 is 5.32 Å². The van der Waals surface area contributed by atoms with Crippen LogP contribution in [0.3, 0.4) is 0 Å². The van der Waals surface area contributed by atoms with Gasteiger partial charge >= 0.3 is 0 Å². The predicted octanol–water partition coefficient (Wildman–Crippen LogP) is 4.69. The summed E-state index contributed by atoms with van der Waals surface area (Å²) in [7, 11) is -8.19. The van der Waals surface area contributed by atoms with E-state index in [4.69, 9.17) is 0 Å². The highest BCUT2D eigenvalue weighted by molar-refractivity contribution is 7.94. The smallest absolute Gasteiger partial charge is 0.225 e. The van der Waals surface area contributed by atoms with Gasteiger partial charge in [-0.25, -0.2) is 21.8 Å². The quantitative estimate of drug-likeness (QED) is 0.462. The Morgan fingerprint density at radius 3 is 2.24 bits per heavy atom. The summed E-state index contributed by atoms with van der Waals surface area (Å²) in [6.07, 6.45) is 5.87. The van der Waals surface area contributed by atoms with Gasteiger partial charge in [0.15, 0.2) is 5.03 Å². The van der Waals surface area contributed by atoms with Gasteiger partial charge in [0, 0.05) is 12.2 Å². The first-order valence-corrected chi connectivity index (χ1v) is 14.6. The lowest BCUT2D eigenvalue weighted by molar-refractivity contribution is 0.548. The van der Waals surface area contributed by atoms with Crippen LogP contribution in [-0.4, -0.2) is 28.4 Å². The lowest BCUT2D eigenvalue weighted by atomic mass is 10.1. The molecule has 8 heteroatoms. The van der Waals surface area contributed by atoms with E-state index in [9.17, 15) is 16.8 Å². The fourth-order valence-corrected chi connectivity index (χ4v) is 7.38.